The Labute approximate surface area is 205 Å². The van der Waals surface area contributed by atoms with Crippen LogP contribution in [0.4, 0.5) is 4.79 Å². The molecule has 3 aromatic carbocycles. The molecule has 0 saturated carbocycles. The lowest BCUT2D eigenvalue weighted by Crippen LogP contribution is -2.47. The van der Waals surface area contributed by atoms with Crippen molar-refractivity contribution in [3.05, 3.63) is 108 Å². The zero-order valence-electron chi connectivity index (χ0n) is 19.7. The van der Waals surface area contributed by atoms with Crippen molar-refractivity contribution in [2.24, 2.45) is 0 Å². The van der Waals surface area contributed by atoms with Crippen molar-refractivity contribution in [3.8, 4) is 0 Å². The number of benzene rings is 3. The third-order valence-corrected chi connectivity index (χ3v) is 5.36. The summed E-state index contributed by atoms with van der Waals surface area (Å²) in [6, 6.07) is 26.8. The summed E-state index contributed by atoms with van der Waals surface area (Å²) in [5.41, 5.74) is 2.62. The molecule has 35 heavy (non-hydrogen) atoms. The molecule has 0 saturated heterocycles. The minimum Gasteiger partial charge on any atom is -0.461 e. The lowest BCUT2D eigenvalue weighted by Gasteiger charge is -2.21. The van der Waals surface area contributed by atoms with Gasteiger partial charge in [-0.25, -0.2) is 4.79 Å². The van der Waals surface area contributed by atoms with Crippen LogP contribution in [0.1, 0.15) is 42.5 Å². The summed E-state index contributed by atoms with van der Waals surface area (Å²) in [5, 5.41) is 5.49. The van der Waals surface area contributed by atoms with Gasteiger partial charge in [0.2, 0.25) is 5.91 Å². The summed E-state index contributed by atoms with van der Waals surface area (Å²) in [6.45, 7) is 2.07. The van der Waals surface area contributed by atoms with E-state index in [9.17, 15) is 14.4 Å². The molecule has 3 aromatic rings. The van der Waals surface area contributed by atoms with Crippen molar-refractivity contribution in [3.63, 3.8) is 0 Å². The number of amides is 2. The van der Waals surface area contributed by atoms with Crippen LogP contribution in [0.2, 0.25) is 0 Å². The minimum absolute atomic E-state index is 0.0381. The van der Waals surface area contributed by atoms with Gasteiger partial charge in [0.25, 0.3) is 0 Å². The van der Waals surface area contributed by atoms with Crippen LogP contribution in [0.15, 0.2) is 91.0 Å². The van der Waals surface area contributed by atoms with Crippen LogP contribution in [0.3, 0.4) is 0 Å². The number of hydrogen-bond donors (Lipinski definition) is 2. The lowest BCUT2D eigenvalue weighted by atomic mass is 10.1. The van der Waals surface area contributed by atoms with Crippen molar-refractivity contribution in [2.75, 3.05) is 0 Å². The van der Waals surface area contributed by atoms with Gasteiger partial charge in [0, 0.05) is 6.42 Å². The highest BCUT2D eigenvalue weighted by Gasteiger charge is 2.24. The van der Waals surface area contributed by atoms with E-state index in [4.69, 9.17) is 9.47 Å². The predicted octanol–water partition coefficient (Wildman–Crippen LogP) is 4.68. The van der Waals surface area contributed by atoms with E-state index in [0.29, 0.717) is 0 Å². The fourth-order valence-electron chi connectivity index (χ4n) is 3.39. The Morgan fingerprint density at radius 1 is 0.714 bits per heavy atom. The van der Waals surface area contributed by atoms with E-state index in [1.165, 1.54) is 0 Å². The molecule has 0 unspecified atom stereocenters. The number of rotatable bonds is 11. The summed E-state index contributed by atoms with van der Waals surface area (Å²) in [6.07, 6.45) is -0.704. The van der Waals surface area contributed by atoms with Crippen LogP contribution in [0.5, 0.6) is 0 Å². The molecule has 0 aliphatic carbocycles. The molecule has 7 nitrogen and oxygen atoms in total. The quantitative estimate of drug-likeness (QED) is 0.394. The normalized spacial score (nSPS) is 12.1. The van der Waals surface area contributed by atoms with E-state index in [0.717, 1.165) is 16.7 Å². The van der Waals surface area contributed by atoms with Gasteiger partial charge in [0.05, 0.1) is 6.04 Å². The van der Waals surface area contributed by atoms with Gasteiger partial charge >= 0.3 is 12.1 Å². The van der Waals surface area contributed by atoms with Crippen molar-refractivity contribution in [2.45, 2.75) is 45.1 Å². The molecule has 0 fully saturated rings. The van der Waals surface area contributed by atoms with Gasteiger partial charge in [0.15, 0.2) is 0 Å². The number of nitrogens with one attached hydrogen (secondary N) is 2. The molecule has 0 radical (unpaired) electrons. The molecule has 2 amide bonds. The first-order valence-corrected chi connectivity index (χ1v) is 11.5. The molecule has 2 N–H and O–H groups in total. The monoisotopic (exact) mass is 474 g/mol. The van der Waals surface area contributed by atoms with Gasteiger partial charge in [-0.3, -0.25) is 9.59 Å². The van der Waals surface area contributed by atoms with Crippen molar-refractivity contribution >= 4 is 18.0 Å². The smallest absolute Gasteiger partial charge is 0.408 e. The molecule has 0 aromatic heterocycles. The van der Waals surface area contributed by atoms with E-state index in [-0.39, 0.29) is 32.1 Å². The second-order valence-corrected chi connectivity index (χ2v) is 8.08. The lowest BCUT2D eigenvalue weighted by molar-refractivity contribution is -0.145. The van der Waals surface area contributed by atoms with Crippen molar-refractivity contribution in [1.29, 1.82) is 0 Å². The minimum atomic E-state index is -0.964. The van der Waals surface area contributed by atoms with Crippen LogP contribution in [-0.4, -0.2) is 24.0 Å². The van der Waals surface area contributed by atoms with E-state index >= 15 is 0 Å². The maximum atomic E-state index is 13.0. The SMILES string of the molecule is C[C@@H](NC(=O)[C@H](CCC(=O)OCc1ccccc1)NC(=O)OCc1ccccc1)c1ccccc1. The zero-order chi connectivity index (χ0) is 24.9. The Hall–Kier alpha value is -4.13. The third kappa shape index (κ3) is 8.97. The fraction of sp³-hybridized carbons (Fsp3) is 0.250. The average Bonchev–Trinajstić information content (AvgIpc) is 2.90. The number of ether oxygens (including phenoxy) is 2. The van der Waals surface area contributed by atoms with Gasteiger partial charge < -0.3 is 20.1 Å². The molecule has 182 valence electrons. The third-order valence-electron chi connectivity index (χ3n) is 5.36. The second kappa shape index (κ2) is 13.5. The Morgan fingerprint density at radius 3 is 1.80 bits per heavy atom. The van der Waals surface area contributed by atoms with E-state index in [1.807, 2.05) is 97.9 Å². The zero-order valence-corrected chi connectivity index (χ0v) is 19.7. The van der Waals surface area contributed by atoms with Gasteiger partial charge in [0.1, 0.15) is 19.3 Å². The van der Waals surface area contributed by atoms with E-state index in [2.05, 4.69) is 10.6 Å². The van der Waals surface area contributed by atoms with Gasteiger partial charge in [-0.05, 0) is 30.0 Å². The first-order valence-electron chi connectivity index (χ1n) is 11.5. The molecule has 0 aliphatic rings. The van der Waals surface area contributed by atoms with Gasteiger partial charge in [-0.1, -0.05) is 91.0 Å². The number of esters is 1. The molecule has 0 bridgehead atoms. The largest absolute Gasteiger partial charge is 0.461 e. The summed E-state index contributed by atoms with van der Waals surface area (Å²) >= 11 is 0. The molecular formula is C28H30N2O5. The first kappa shape index (κ1) is 25.5. The summed E-state index contributed by atoms with van der Waals surface area (Å²) in [4.78, 5) is 37.7. The molecule has 0 aliphatic heterocycles. The van der Waals surface area contributed by atoms with Crippen LogP contribution >= 0.6 is 0 Å². The van der Waals surface area contributed by atoms with Crippen LogP contribution < -0.4 is 10.6 Å². The van der Waals surface area contributed by atoms with Crippen LogP contribution in [-0.2, 0) is 32.3 Å². The number of carbonyl (C=O) groups excluding carboxylic acids is 3. The van der Waals surface area contributed by atoms with E-state index in [1.54, 1.807) is 0 Å². The first-order chi connectivity index (χ1) is 17.0. The maximum Gasteiger partial charge on any atom is 0.408 e. The number of hydrogen-bond acceptors (Lipinski definition) is 5. The highest BCUT2D eigenvalue weighted by molar-refractivity contribution is 5.86. The fourth-order valence-corrected chi connectivity index (χ4v) is 3.39. The van der Waals surface area contributed by atoms with Crippen molar-refractivity contribution in [1.82, 2.24) is 10.6 Å². The van der Waals surface area contributed by atoms with Gasteiger partial charge in [-0.2, -0.15) is 0 Å². The van der Waals surface area contributed by atoms with E-state index < -0.39 is 24.0 Å². The summed E-state index contributed by atoms with van der Waals surface area (Å²) in [5.74, 6) is -0.865. The average molecular weight is 475 g/mol. The number of carbonyl (C=O) groups is 3. The maximum absolute atomic E-state index is 13.0. The predicted molar refractivity (Wildman–Crippen MR) is 132 cm³/mol. The molecule has 3 rings (SSSR count). The Kier molecular flexibility index (Phi) is 9.87. The summed E-state index contributed by atoms with van der Waals surface area (Å²) in [7, 11) is 0. The van der Waals surface area contributed by atoms with Crippen LogP contribution in [0, 0.1) is 0 Å². The molecule has 7 heteroatoms. The molecule has 0 heterocycles. The Bertz CT molecular complexity index is 1070. The standard InChI is InChI=1S/C28H30N2O5/c1-21(24-15-9-4-10-16-24)29-27(32)25(30-28(33)35-20-23-13-7-3-8-14-23)17-18-26(31)34-19-22-11-5-2-6-12-22/h2-16,21,25H,17-20H2,1H3,(H,29,32)(H,30,33)/t21-,25+/m1/s1. The van der Waals surface area contributed by atoms with Gasteiger partial charge in [-0.15, -0.1) is 0 Å². The highest BCUT2D eigenvalue weighted by atomic mass is 16.5. The van der Waals surface area contributed by atoms with Crippen LogP contribution in [0.25, 0.3) is 0 Å². The Balaban J connectivity index is 1.56. The highest BCUT2D eigenvalue weighted by Crippen LogP contribution is 2.13. The molecule has 2 atom stereocenters. The number of alkyl carbamates (subject to hydrolysis) is 1. The second-order valence-electron chi connectivity index (χ2n) is 8.08. The summed E-state index contributed by atoms with van der Waals surface area (Å²) < 4.78 is 10.6. The topological polar surface area (TPSA) is 93.7 Å². The Morgan fingerprint density at radius 2 is 1.23 bits per heavy atom. The van der Waals surface area contributed by atoms with Crippen molar-refractivity contribution < 1.29 is 23.9 Å². The molecular weight excluding hydrogens is 444 g/mol. The molecule has 0 spiro atoms.